The highest BCUT2D eigenvalue weighted by Gasteiger charge is 2.79. The van der Waals surface area contributed by atoms with Crippen molar-refractivity contribution in [3.8, 4) is 11.5 Å². The second-order valence-electron chi connectivity index (χ2n) is 14.4. The first-order chi connectivity index (χ1) is 24.7. The Morgan fingerprint density at radius 2 is 1.79 bits per heavy atom. The van der Waals surface area contributed by atoms with Gasteiger partial charge >= 0.3 is 6.18 Å². The number of rotatable bonds is 7. The molecule has 3 aromatic rings. The topological polar surface area (TPSA) is 167 Å². The fourth-order valence-corrected chi connectivity index (χ4v) is 8.51. The summed E-state index contributed by atoms with van der Waals surface area (Å²) < 4.78 is 48.7. The first-order valence-corrected chi connectivity index (χ1v) is 17.5. The lowest BCUT2D eigenvalue weighted by atomic mass is 9.39. The molecule has 2 bridgehead atoms. The molecule has 0 atom stereocenters. The molecule has 0 unspecified atom stereocenters. The van der Waals surface area contributed by atoms with E-state index in [1.807, 2.05) is 17.9 Å². The van der Waals surface area contributed by atoms with Crippen LogP contribution in [0, 0.1) is 5.41 Å². The van der Waals surface area contributed by atoms with Gasteiger partial charge in [-0.05, 0) is 37.7 Å². The van der Waals surface area contributed by atoms with E-state index in [4.69, 9.17) is 9.72 Å². The van der Waals surface area contributed by atoms with Crippen molar-refractivity contribution >= 4 is 34.8 Å². The predicted molar refractivity (Wildman–Crippen MR) is 178 cm³/mol. The maximum absolute atomic E-state index is 14.3. The van der Waals surface area contributed by atoms with Crippen molar-refractivity contribution in [2.24, 2.45) is 5.41 Å². The van der Waals surface area contributed by atoms with E-state index in [-0.39, 0.29) is 86.6 Å². The third-order valence-corrected chi connectivity index (χ3v) is 11.3. The summed E-state index contributed by atoms with van der Waals surface area (Å²) in [6.07, 6.45) is -0.280. The molecular formula is C34H38F3N9O6. The molecule has 3 saturated carbocycles. The van der Waals surface area contributed by atoms with Gasteiger partial charge in [-0.1, -0.05) is 13.0 Å². The number of aromatic nitrogens is 5. The summed E-state index contributed by atoms with van der Waals surface area (Å²) in [7, 11) is 0. The summed E-state index contributed by atoms with van der Waals surface area (Å²) >= 11 is 0. The van der Waals surface area contributed by atoms with Crippen molar-refractivity contribution in [2.45, 2.75) is 70.6 Å². The van der Waals surface area contributed by atoms with Crippen LogP contribution in [-0.4, -0.2) is 114 Å². The highest BCUT2D eigenvalue weighted by Crippen LogP contribution is 2.73. The molecule has 2 N–H and O–H groups in total. The van der Waals surface area contributed by atoms with Crippen LogP contribution >= 0.6 is 0 Å². The van der Waals surface area contributed by atoms with Crippen molar-refractivity contribution in [3.05, 3.63) is 45.4 Å². The zero-order chi connectivity index (χ0) is 36.7. The van der Waals surface area contributed by atoms with Gasteiger partial charge in [-0.2, -0.15) is 22.7 Å². The number of carbonyl (C=O) groups excluding carboxylic acids is 3. The third kappa shape index (κ3) is 5.27. The van der Waals surface area contributed by atoms with E-state index >= 15 is 0 Å². The van der Waals surface area contributed by atoms with Crippen LogP contribution in [0.15, 0.2) is 17.1 Å². The lowest BCUT2D eigenvalue weighted by Gasteiger charge is -2.70. The van der Waals surface area contributed by atoms with Crippen LogP contribution in [0.5, 0.6) is 11.5 Å². The Labute approximate surface area is 295 Å². The van der Waals surface area contributed by atoms with Crippen molar-refractivity contribution in [2.75, 3.05) is 50.8 Å². The van der Waals surface area contributed by atoms with Crippen LogP contribution in [0.2, 0.25) is 0 Å². The average Bonchev–Trinajstić information content (AvgIpc) is 3.75. The Kier molecular flexibility index (Phi) is 7.80. The molecule has 0 spiro atoms. The number of amides is 3. The van der Waals surface area contributed by atoms with Gasteiger partial charge in [-0.15, -0.1) is 5.10 Å². The number of hydrogen-bond donors (Lipinski definition) is 2. The SMILES string of the molecule is CCc1c(N2CCN(C(=O)c3ncc4c(c3O)CCO4)CC2)c(=O)n2nc(C3=CCN(C(C)=O)CC3)nc2n1CC(=O)NC12CC(C(F)(F)F)(C1)C2. The smallest absolute Gasteiger partial charge is 0.394 e. The zero-order valence-corrected chi connectivity index (χ0v) is 28.8. The average molecular weight is 726 g/mol. The molecule has 15 nitrogen and oxygen atoms in total. The van der Waals surface area contributed by atoms with Gasteiger partial charge in [-0.3, -0.25) is 19.2 Å². The number of fused-ring (bicyclic) bond motifs is 2. The minimum absolute atomic E-state index is 0.0646. The molecule has 3 aromatic heterocycles. The Balaban J connectivity index is 1.09. The minimum atomic E-state index is -4.32. The van der Waals surface area contributed by atoms with Crippen LogP contribution in [0.3, 0.4) is 0 Å². The number of halogens is 3. The molecule has 0 aromatic carbocycles. The number of nitrogens with zero attached hydrogens (tertiary/aromatic N) is 8. The van der Waals surface area contributed by atoms with Gasteiger partial charge in [0.2, 0.25) is 17.6 Å². The first-order valence-electron chi connectivity index (χ1n) is 17.5. The van der Waals surface area contributed by atoms with Crippen LogP contribution < -0.4 is 20.5 Å². The highest BCUT2D eigenvalue weighted by molar-refractivity contribution is 5.95. The standard InChI is InChI=1S/C34H38F3N9O6/c1-3-22-26(43-9-11-44(12-10-43)29(50)25-27(49)21-6-13-52-23(21)14-38-25)30(51)46-31(39-28(41-46)20-4-7-42(8-5-20)19(2)47)45(22)15-24(48)40-33-16-32(17-33,18-33)34(35,36)37/h4,14,49H,3,5-13,15-18H2,1-2H3,(H,40,48). The fourth-order valence-electron chi connectivity index (χ4n) is 8.51. The minimum Gasteiger partial charge on any atom is -0.505 e. The molecule has 6 heterocycles. The Morgan fingerprint density at radius 3 is 2.42 bits per heavy atom. The molecule has 6 aliphatic rings. The maximum atomic E-state index is 14.3. The molecule has 3 amide bonds. The zero-order valence-electron chi connectivity index (χ0n) is 28.8. The molecule has 3 aliphatic carbocycles. The number of piperazine rings is 1. The van der Waals surface area contributed by atoms with E-state index in [9.17, 15) is 37.5 Å². The molecule has 3 aliphatic heterocycles. The van der Waals surface area contributed by atoms with Crippen molar-refractivity contribution in [1.29, 1.82) is 0 Å². The summed E-state index contributed by atoms with van der Waals surface area (Å²) in [5, 5.41) is 18.2. The number of ether oxygens (including phenoxy) is 1. The number of aromatic hydroxyl groups is 1. The van der Waals surface area contributed by atoms with Crippen LogP contribution in [0.25, 0.3) is 11.4 Å². The summed E-state index contributed by atoms with van der Waals surface area (Å²) in [5.74, 6) is -0.356. The van der Waals surface area contributed by atoms with Gasteiger partial charge < -0.3 is 34.4 Å². The lowest BCUT2D eigenvalue weighted by Crippen LogP contribution is -2.78. The van der Waals surface area contributed by atoms with Gasteiger partial charge in [0.05, 0.1) is 23.9 Å². The second kappa shape index (κ2) is 11.9. The van der Waals surface area contributed by atoms with Crippen LogP contribution in [0.4, 0.5) is 18.9 Å². The van der Waals surface area contributed by atoms with Crippen LogP contribution in [-0.2, 0) is 29.0 Å². The number of anilines is 1. The highest BCUT2D eigenvalue weighted by atomic mass is 19.4. The van der Waals surface area contributed by atoms with E-state index in [0.717, 1.165) is 10.1 Å². The van der Waals surface area contributed by atoms with Gasteiger partial charge in [-0.25, -0.2) is 4.98 Å². The second-order valence-corrected chi connectivity index (χ2v) is 14.4. The molecule has 0 radical (unpaired) electrons. The number of pyridine rings is 1. The third-order valence-electron chi connectivity index (χ3n) is 11.3. The largest absolute Gasteiger partial charge is 0.505 e. The molecule has 18 heteroatoms. The van der Waals surface area contributed by atoms with Crippen molar-refractivity contribution < 1.29 is 37.4 Å². The van der Waals surface area contributed by atoms with Gasteiger partial charge in [0.25, 0.3) is 11.5 Å². The quantitative estimate of drug-likeness (QED) is 0.366. The monoisotopic (exact) mass is 725 g/mol. The van der Waals surface area contributed by atoms with Crippen LogP contribution in [0.1, 0.15) is 67.1 Å². The van der Waals surface area contributed by atoms with Gasteiger partial charge in [0.1, 0.15) is 18.0 Å². The number of hydrogen-bond acceptors (Lipinski definition) is 10. The lowest BCUT2D eigenvalue weighted by molar-refractivity contribution is -0.337. The van der Waals surface area contributed by atoms with E-state index in [1.54, 1.807) is 14.4 Å². The van der Waals surface area contributed by atoms with Gasteiger partial charge in [0, 0.05) is 63.7 Å². The number of nitrogens with one attached hydrogen (secondary N) is 1. The van der Waals surface area contributed by atoms with E-state index in [0.29, 0.717) is 56.0 Å². The van der Waals surface area contributed by atoms with E-state index in [1.165, 1.54) is 13.1 Å². The molecule has 276 valence electrons. The molecule has 1 saturated heterocycles. The first kappa shape index (κ1) is 34.0. The summed E-state index contributed by atoms with van der Waals surface area (Å²) in [6, 6.07) is 0. The Hall–Kier alpha value is -5.16. The maximum Gasteiger partial charge on any atom is 0.394 e. The molecule has 4 fully saturated rings. The summed E-state index contributed by atoms with van der Waals surface area (Å²) in [6.45, 7) is 5.13. The molecule has 9 rings (SSSR count). The van der Waals surface area contributed by atoms with E-state index in [2.05, 4.69) is 15.4 Å². The predicted octanol–water partition coefficient (Wildman–Crippen LogP) is 1.69. The summed E-state index contributed by atoms with van der Waals surface area (Å²) in [5.41, 5.74) is -1.10. The van der Waals surface area contributed by atoms with E-state index < -0.39 is 34.5 Å². The number of carbonyl (C=O) groups is 3. The molecular weight excluding hydrogens is 687 g/mol. The molecule has 52 heavy (non-hydrogen) atoms. The van der Waals surface area contributed by atoms with Gasteiger partial charge in [0.15, 0.2) is 17.3 Å². The van der Waals surface area contributed by atoms with Crippen molar-refractivity contribution in [3.63, 3.8) is 0 Å². The summed E-state index contributed by atoms with van der Waals surface area (Å²) in [4.78, 5) is 67.1. The number of alkyl halides is 3. The van der Waals surface area contributed by atoms with Crippen molar-refractivity contribution in [1.82, 2.24) is 39.3 Å². The normalized spacial score (nSPS) is 23.8. The Bertz CT molecular complexity index is 2100. The Morgan fingerprint density at radius 1 is 1.06 bits per heavy atom. The fraction of sp³-hybridized carbons (Fsp3) is 0.559.